The van der Waals surface area contributed by atoms with Gasteiger partial charge in [0.15, 0.2) is 0 Å². The molecule has 0 aliphatic carbocycles. The first kappa shape index (κ1) is 29.9. The van der Waals surface area contributed by atoms with Crippen LogP contribution in [-0.2, 0) is 0 Å². The Kier molecular flexibility index (Phi) is 25.1. The molecule has 2 N–H and O–H groups in total. The van der Waals surface area contributed by atoms with Crippen molar-refractivity contribution in [2.24, 2.45) is 0 Å². The molecule has 0 amide bonds. The summed E-state index contributed by atoms with van der Waals surface area (Å²) in [4.78, 5) is 0. The van der Waals surface area contributed by atoms with Gasteiger partial charge in [-0.15, -0.1) is 0 Å². The minimum atomic E-state index is -0.508. The van der Waals surface area contributed by atoms with E-state index in [0.717, 1.165) is 25.7 Å². The monoisotopic (exact) mass is 426 g/mol. The van der Waals surface area contributed by atoms with Crippen molar-refractivity contribution in [1.82, 2.24) is 0 Å². The molecule has 2 atom stereocenters. The zero-order chi connectivity index (χ0) is 22.1. The number of aliphatic hydroxyl groups is 2. The number of hydrogen-bond acceptors (Lipinski definition) is 2. The average molecular weight is 427 g/mol. The van der Waals surface area contributed by atoms with Gasteiger partial charge >= 0.3 is 0 Å². The van der Waals surface area contributed by atoms with Gasteiger partial charge in [0.05, 0.1) is 12.2 Å². The molecule has 2 heteroatoms. The molecule has 0 radical (unpaired) electrons. The summed E-state index contributed by atoms with van der Waals surface area (Å²) in [5, 5.41) is 20.3. The number of rotatable bonds is 25. The van der Waals surface area contributed by atoms with E-state index in [-0.39, 0.29) is 0 Å². The third-order valence-electron chi connectivity index (χ3n) is 6.65. The summed E-state index contributed by atoms with van der Waals surface area (Å²) >= 11 is 0. The largest absolute Gasteiger partial charge is 0.390 e. The normalized spacial score (nSPS) is 13.6. The van der Waals surface area contributed by atoms with E-state index in [1.165, 1.54) is 128 Å². The quantitative estimate of drug-likeness (QED) is 0.143. The zero-order valence-electron chi connectivity index (χ0n) is 21.0. The molecule has 0 rings (SSSR count). The zero-order valence-corrected chi connectivity index (χ0v) is 21.0. The highest BCUT2D eigenvalue weighted by Crippen LogP contribution is 2.16. The number of hydrogen-bond donors (Lipinski definition) is 2. The third kappa shape index (κ3) is 22.6. The van der Waals surface area contributed by atoms with E-state index in [2.05, 4.69) is 13.8 Å². The van der Waals surface area contributed by atoms with E-state index in [9.17, 15) is 10.2 Å². The fourth-order valence-electron chi connectivity index (χ4n) is 4.42. The lowest BCUT2D eigenvalue weighted by atomic mass is 9.99. The van der Waals surface area contributed by atoms with Gasteiger partial charge in [-0.2, -0.15) is 0 Å². The van der Waals surface area contributed by atoms with E-state index < -0.39 is 12.2 Å². The van der Waals surface area contributed by atoms with Crippen LogP contribution in [0.1, 0.15) is 168 Å². The molecule has 0 fully saturated rings. The van der Waals surface area contributed by atoms with Crippen molar-refractivity contribution < 1.29 is 10.2 Å². The van der Waals surface area contributed by atoms with E-state index in [4.69, 9.17) is 0 Å². The number of unbranched alkanes of at least 4 members (excludes halogenated alkanes) is 20. The molecular weight excluding hydrogens is 368 g/mol. The summed E-state index contributed by atoms with van der Waals surface area (Å²) in [6.07, 6.45) is 29.8. The van der Waals surface area contributed by atoms with Crippen LogP contribution in [0.3, 0.4) is 0 Å². The van der Waals surface area contributed by atoms with Gasteiger partial charge in [0.2, 0.25) is 0 Å². The van der Waals surface area contributed by atoms with E-state index in [1.807, 2.05) is 0 Å². The van der Waals surface area contributed by atoms with Gasteiger partial charge < -0.3 is 10.2 Å². The Morgan fingerprint density at radius 3 is 0.767 bits per heavy atom. The van der Waals surface area contributed by atoms with Crippen LogP contribution in [0.2, 0.25) is 0 Å². The predicted molar refractivity (Wildman–Crippen MR) is 134 cm³/mol. The molecule has 2 nitrogen and oxygen atoms in total. The average Bonchev–Trinajstić information content (AvgIpc) is 2.75. The van der Waals surface area contributed by atoms with Gasteiger partial charge in [-0.1, -0.05) is 155 Å². The maximum Gasteiger partial charge on any atom is 0.0799 e. The first-order chi connectivity index (χ1) is 14.7. The molecule has 2 unspecified atom stereocenters. The van der Waals surface area contributed by atoms with Gasteiger partial charge in [0.25, 0.3) is 0 Å². The highest BCUT2D eigenvalue weighted by atomic mass is 16.3. The van der Waals surface area contributed by atoms with Crippen LogP contribution in [0, 0.1) is 0 Å². The maximum atomic E-state index is 10.2. The second kappa shape index (κ2) is 25.2. The molecule has 0 spiro atoms. The van der Waals surface area contributed by atoms with Crippen molar-refractivity contribution in [2.75, 3.05) is 0 Å². The molecule has 0 aliphatic rings. The standard InChI is InChI=1S/C28H58O2/c1-3-5-7-9-11-13-15-17-19-21-23-25-27(29)28(30)26-24-22-20-18-16-14-12-10-8-6-4-2/h27-30H,3-26H2,1-2H3. The summed E-state index contributed by atoms with van der Waals surface area (Å²) in [7, 11) is 0. The van der Waals surface area contributed by atoms with Gasteiger partial charge in [0, 0.05) is 0 Å². The number of aliphatic hydroxyl groups excluding tert-OH is 2. The van der Waals surface area contributed by atoms with Crippen LogP contribution in [0.15, 0.2) is 0 Å². The van der Waals surface area contributed by atoms with Crippen molar-refractivity contribution in [3.05, 3.63) is 0 Å². The van der Waals surface area contributed by atoms with Crippen LogP contribution in [0.5, 0.6) is 0 Å². The van der Waals surface area contributed by atoms with Crippen molar-refractivity contribution in [2.45, 2.75) is 180 Å². The first-order valence-corrected chi connectivity index (χ1v) is 14.1. The summed E-state index contributed by atoms with van der Waals surface area (Å²) in [5.41, 5.74) is 0. The first-order valence-electron chi connectivity index (χ1n) is 14.1. The molecule has 0 aliphatic heterocycles. The molecule has 182 valence electrons. The minimum absolute atomic E-state index is 0.508. The van der Waals surface area contributed by atoms with Crippen LogP contribution >= 0.6 is 0 Å². The SMILES string of the molecule is CCCCCCCCCCCCCC(O)C(O)CCCCCCCCCCCCC. The molecular formula is C28H58O2. The Balaban J connectivity index is 3.29. The van der Waals surface area contributed by atoms with E-state index in [1.54, 1.807) is 0 Å². The van der Waals surface area contributed by atoms with Crippen molar-refractivity contribution in [3.63, 3.8) is 0 Å². The lowest BCUT2D eigenvalue weighted by molar-refractivity contribution is 0.00711. The Labute approximate surface area is 190 Å². The fourth-order valence-corrected chi connectivity index (χ4v) is 4.42. The molecule has 0 heterocycles. The van der Waals surface area contributed by atoms with Crippen molar-refractivity contribution in [3.8, 4) is 0 Å². The Bertz CT molecular complexity index is 275. The fraction of sp³-hybridized carbons (Fsp3) is 1.00. The summed E-state index contributed by atoms with van der Waals surface area (Å²) < 4.78 is 0. The Hall–Kier alpha value is -0.0800. The minimum Gasteiger partial charge on any atom is -0.390 e. The van der Waals surface area contributed by atoms with Gasteiger partial charge in [-0.3, -0.25) is 0 Å². The van der Waals surface area contributed by atoms with E-state index in [0.29, 0.717) is 0 Å². The lowest BCUT2D eigenvalue weighted by Crippen LogP contribution is -2.25. The molecule has 0 aromatic heterocycles. The molecule has 0 bridgehead atoms. The van der Waals surface area contributed by atoms with E-state index >= 15 is 0 Å². The topological polar surface area (TPSA) is 40.5 Å². The molecule has 30 heavy (non-hydrogen) atoms. The highest BCUT2D eigenvalue weighted by molar-refractivity contribution is 4.67. The van der Waals surface area contributed by atoms with Gasteiger partial charge in [-0.05, 0) is 12.8 Å². The molecule has 0 saturated heterocycles. The molecule has 0 aromatic rings. The highest BCUT2D eigenvalue weighted by Gasteiger charge is 2.15. The molecule has 0 saturated carbocycles. The Morgan fingerprint density at radius 1 is 0.333 bits per heavy atom. The van der Waals surface area contributed by atoms with Gasteiger partial charge in [-0.25, -0.2) is 0 Å². The summed E-state index contributed by atoms with van der Waals surface area (Å²) in [6.45, 7) is 4.54. The van der Waals surface area contributed by atoms with Crippen molar-refractivity contribution >= 4 is 0 Å². The predicted octanol–water partition coefficient (Wildman–Crippen LogP) is 9.11. The lowest BCUT2D eigenvalue weighted by Gasteiger charge is -2.17. The summed E-state index contributed by atoms with van der Waals surface area (Å²) in [6, 6.07) is 0. The van der Waals surface area contributed by atoms with Crippen LogP contribution in [0.25, 0.3) is 0 Å². The van der Waals surface area contributed by atoms with Crippen molar-refractivity contribution in [1.29, 1.82) is 0 Å². The Morgan fingerprint density at radius 2 is 0.533 bits per heavy atom. The maximum absolute atomic E-state index is 10.2. The third-order valence-corrected chi connectivity index (χ3v) is 6.65. The second-order valence-corrected chi connectivity index (χ2v) is 9.78. The summed E-state index contributed by atoms with van der Waals surface area (Å²) in [5.74, 6) is 0. The van der Waals surface area contributed by atoms with Crippen LogP contribution in [0.4, 0.5) is 0 Å². The van der Waals surface area contributed by atoms with Gasteiger partial charge in [0.1, 0.15) is 0 Å². The second-order valence-electron chi connectivity index (χ2n) is 9.78. The van der Waals surface area contributed by atoms with Crippen LogP contribution in [-0.4, -0.2) is 22.4 Å². The molecule has 0 aromatic carbocycles. The van der Waals surface area contributed by atoms with Crippen LogP contribution < -0.4 is 0 Å². The smallest absolute Gasteiger partial charge is 0.0799 e.